The van der Waals surface area contributed by atoms with Crippen LogP contribution in [0.2, 0.25) is 5.02 Å². The van der Waals surface area contributed by atoms with E-state index in [1.165, 1.54) is 7.11 Å². The van der Waals surface area contributed by atoms with Crippen LogP contribution in [0.15, 0.2) is 24.4 Å². The molecule has 0 atom stereocenters. The van der Waals surface area contributed by atoms with Crippen LogP contribution in [0.5, 0.6) is 5.75 Å². The molecule has 0 aliphatic carbocycles. The summed E-state index contributed by atoms with van der Waals surface area (Å²) in [5.41, 5.74) is 5.84. The lowest BCUT2D eigenvalue weighted by molar-refractivity contribution is -0.384. The summed E-state index contributed by atoms with van der Waals surface area (Å²) in [5, 5.41) is 14.2. The summed E-state index contributed by atoms with van der Waals surface area (Å²) in [5.74, 6) is 0.531. The molecule has 0 aliphatic heterocycles. The zero-order chi connectivity index (χ0) is 15.4. The monoisotopic (exact) mass is 309 g/mol. The van der Waals surface area contributed by atoms with Gasteiger partial charge in [-0.05, 0) is 12.1 Å². The molecule has 0 aliphatic rings. The first-order valence-corrected chi connectivity index (χ1v) is 6.23. The van der Waals surface area contributed by atoms with Gasteiger partial charge in [0.25, 0.3) is 0 Å². The maximum absolute atomic E-state index is 10.9. The summed E-state index contributed by atoms with van der Waals surface area (Å²) in [4.78, 5) is 17.8. The molecule has 8 nitrogen and oxygen atoms in total. The van der Waals surface area contributed by atoms with E-state index >= 15 is 0 Å². The minimum Gasteiger partial charge on any atom is -0.496 e. The molecule has 3 N–H and O–H groups in total. The molecule has 110 valence electrons. The molecular formula is C12H12ClN5O3. The first kappa shape index (κ1) is 14.8. The SMILES string of the molecule is COc1cccc(Cl)c1CNc1nc(N)ncc1[N+](=O)[O-]. The van der Waals surface area contributed by atoms with Crippen molar-refractivity contribution in [3.05, 3.63) is 45.1 Å². The number of ether oxygens (including phenoxy) is 1. The van der Waals surface area contributed by atoms with Gasteiger partial charge in [0, 0.05) is 17.1 Å². The molecule has 0 bridgehead atoms. The van der Waals surface area contributed by atoms with Gasteiger partial charge in [0.1, 0.15) is 11.9 Å². The summed E-state index contributed by atoms with van der Waals surface area (Å²) < 4.78 is 5.20. The zero-order valence-electron chi connectivity index (χ0n) is 11.0. The first-order chi connectivity index (χ1) is 10.0. The Morgan fingerprint density at radius 1 is 1.52 bits per heavy atom. The number of halogens is 1. The number of rotatable bonds is 5. The fourth-order valence-electron chi connectivity index (χ4n) is 1.73. The number of hydrogen-bond acceptors (Lipinski definition) is 7. The van der Waals surface area contributed by atoms with E-state index in [1.807, 2.05) is 0 Å². The van der Waals surface area contributed by atoms with E-state index in [0.29, 0.717) is 16.3 Å². The second kappa shape index (κ2) is 6.23. The molecule has 1 aromatic heterocycles. The van der Waals surface area contributed by atoms with Gasteiger partial charge in [-0.15, -0.1) is 0 Å². The quantitative estimate of drug-likeness (QED) is 0.642. The van der Waals surface area contributed by atoms with Crippen LogP contribution in [0.4, 0.5) is 17.5 Å². The maximum atomic E-state index is 10.9. The lowest BCUT2D eigenvalue weighted by atomic mass is 10.2. The fourth-order valence-corrected chi connectivity index (χ4v) is 1.96. The molecular weight excluding hydrogens is 298 g/mol. The molecule has 1 heterocycles. The van der Waals surface area contributed by atoms with Crippen LogP contribution >= 0.6 is 11.6 Å². The Kier molecular flexibility index (Phi) is 4.39. The Labute approximate surface area is 125 Å². The molecule has 0 unspecified atom stereocenters. The van der Waals surface area contributed by atoms with Crippen LogP contribution in [-0.4, -0.2) is 22.0 Å². The Balaban J connectivity index is 2.28. The summed E-state index contributed by atoms with van der Waals surface area (Å²) in [6.45, 7) is 0.195. The summed E-state index contributed by atoms with van der Waals surface area (Å²) >= 11 is 6.10. The van der Waals surface area contributed by atoms with Gasteiger partial charge in [0.05, 0.1) is 12.0 Å². The first-order valence-electron chi connectivity index (χ1n) is 5.85. The normalized spacial score (nSPS) is 10.2. The number of benzene rings is 1. The van der Waals surface area contributed by atoms with Gasteiger partial charge in [-0.25, -0.2) is 4.98 Å². The van der Waals surface area contributed by atoms with Crippen LogP contribution < -0.4 is 15.8 Å². The van der Waals surface area contributed by atoms with Crippen molar-refractivity contribution in [1.82, 2.24) is 9.97 Å². The largest absolute Gasteiger partial charge is 0.496 e. The van der Waals surface area contributed by atoms with Crippen LogP contribution in [0, 0.1) is 10.1 Å². The molecule has 0 amide bonds. The lowest BCUT2D eigenvalue weighted by Gasteiger charge is -2.11. The van der Waals surface area contributed by atoms with Crippen molar-refractivity contribution < 1.29 is 9.66 Å². The maximum Gasteiger partial charge on any atom is 0.329 e. The van der Waals surface area contributed by atoms with Crippen molar-refractivity contribution in [1.29, 1.82) is 0 Å². The third kappa shape index (κ3) is 3.29. The molecule has 0 radical (unpaired) electrons. The van der Waals surface area contributed by atoms with E-state index in [4.69, 9.17) is 22.1 Å². The topological polar surface area (TPSA) is 116 Å². The molecule has 0 spiro atoms. The number of nitrogens with one attached hydrogen (secondary N) is 1. The minimum absolute atomic E-state index is 0.0227. The lowest BCUT2D eigenvalue weighted by Crippen LogP contribution is -2.08. The van der Waals surface area contributed by atoms with Gasteiger partial charge in [-0.1, -0.05) is 17.7 Å². The smallest absolute Gasteiger partial charge is 0.329 e. The van der Waals surface area contributed by atoms with E-state index in [2.05, 4.69) is 15.3 Å². The third-order valence-corrected chi connectivity index (χ3v) is 3.07. The minimum atomic E-state index is -0.592. The summed E-state index contributed by atoms with van der Waals surface area (Å²) in [6, 6.07) is 5.19. The van der Waals surface area contributed by atoms with Gasteiger partial charge in [0.2, 0.25) is 11.8 Å². The number of nitrogens with two attached hydrogens (primary N) is 1. The highest BCUT2D eigenvalue weighted by Gasteiger charge is 2.17. The second-order valence-corrected chi connectivity index (χ2v) is 4.40. The molecule has 0 fully saturated rings. The highest BCUT2D eigenvalue weighted by atomic mass is 35.5. The summed E-state index contributed by atoms with van der Waals surface area (Å²) in [7, 11) is 1.51. The van der Waals surface area contributed by atoms with Crippen molar-refractivity contribution in [3.63, 3.8) is 0 Å². The van der Waals surface area contributed by atoms with E-state index in [-0.39, 0.29) is 24.0 Å². The van der Waals surface area contributed by atoms with E-state index in [0.717, 1.165) is 6.20 Å². The average molecular weight is 310 g/mol. The molecule has 0 saturated heterocycles. The van der Waals surface area contributed by atoms with Gasteiger partial charge >= 0.3 is 5.69 Å². The Morgan fingerprint density at radius 2 is 2.29 bits per heavy atom. The second-order valence-electron chi connectivity index (χ2n) is 3.99. The van der Waals surface area contributed by atoms with Crippen LogP contribution in [0.25, 0.3) is 0 Å². The standard InChI is InChI=1S/C12H12ClN5O3/c1-21-10-4-2-3-8(13)7(10)5-15-11-9(18(19)20)6-16-12(14)17-11/h2-4,6H,5H2,1H3,(H3,14,15,16,17). The van der Waals surface area contributed by atoms with Gasteiger partial charge in [-0.3, -0.25) is 10.1 Å². The number of nitrogens with zero attached hydrogens (tertiary/aromatic N) is 3. The Hall–Kier alpha value is -2.61. The fraction of sp³-hybridized carbons (Fsp3) is 0.167. The number of nitro groups is 1. The number of anilines is 2. The summed E-state index contributed by atoms with van der Waals surface area (Å²) in [6.07, 6.45) is 1.05. The number of nitrogen functional groups attached to an aromatic ring is 1. The van der Waals surface area contributed by atoms with Crippen molar-refractivity contribution >= 4 is 29.1 Å². The molecule has 0 saturated carbocycles. The van der Waals surface area contributed by atoms with Gasteiger partial charge in [0.15, 0.2) is 0 Å². The van der Waals surface area contributed by atoms with Crippen LogP contribution in [0.3, 0.4) is 0 Å². The van der Waals surface area contributed by atoms with Crippen molar-refractivity contribution in [2.24, 2.45) is 0 Å². The van der Waals surface area contributed by atoms with Crippen LogP contribution in [-0.2, 0) is 6.54 Å². The molecule has 1 aromatic carbocycles. The Bertz CT molecular complexity index is 680. The number of hydrogen-bond donors (Lipinski definition) is 2. The molecule has 9 heteroatoms. The third-order valence-electron chi connectivity index (χ3n) is 2.71. The highest BCUT2D eigenvalue weighted by molar-refractivity contribution is 6.31. The Morgan fingerprint density at radius 3 is 2.95 bits per heavy atom. The van der Waals surface area contributed by atoms with Crippen molar-refractivity contribution in [2.45, 2.75) is 6.54 Å². The number of aromatic nitrogens is 2. The zero-order valence-corrected chi connectivity index (χ0v) is 11.8. The molecule has 21 heavy (non-hydrogen) atoms. The molecule has 2 aromatic rings. The van der Waals surface area contributed by atoms with Crippen LogP contribution in [0.1, 0.15) is 5.56 Å². The predicted molar refractivity (Wildman–Crippen MR) is 78.4 cm³/mol. The van der Waals surface area contributed by atoms with Gasteiger partial charge in [-0.2, -0.15) is 4.98 Å². The van der Waals surface area contributed by atoms with E-state index in [9.17, 15) is 10.1 Å². The number of methoxy groups -OCH3 is 1. The molecule has 2 rings (SSSR count). The highest BCUT2D eigenvalue weighted by Crippen LogP contribution is 2.28. The van der Waals surface area contributed by atoms with Crippen molar-refractivity contribution in [2.75, 3.05) is 18.2 Å². The van der Waals surface area contributed by atoms with E-state index < -0.39 is 4.92 Å². The average Bonchev–Trinajstić information content (AvgIpc) is 2.45. The van der Waals surface area contributed by atoms with E-state index in [1.54, 1.807) is 18.2 Å². The van der Waals surface area contributed by atoms with Gasteiger partial charge < -0.3 is 15.8 Å². The predicted octanol–water partition coefficient (Wildman–Crippen LogP) is 2.24. The van der Waals surface area contributed by atoms with Crippen molar-refractivity contribution in [3.8, 4) is 5.75 Å².